The fourth-order valence-electron chi connectivity index (χ4n) is 2.00. The number of hydrogen-bond acceptors (Lipinski definition) is 4. The van der Waals surface area contributed by atoms with Gasteiger partial charge in [0.2, 0.25) is 5.91 Å². The lowest BCUT2D eigenvalue weighted by Gasteiger charge is -2.37. The Morgan fingerprint density at radius 3 is 2.65 bits per heavy atom. The van der Waals surface area contributed by atoms with Crippen LogP contribution in [0.5, 0.6) is 0 Å². The van der Waals surface area contributed by atoms with E-state index in [1.54, 1.807) is 6.92 Å². The van der Waals surface area contributed by atoms with Crippen LogP contribution in [0.25, 0.3) is 0 Å². The van der Waals surface area contributed by atoms with Crippen LogP contribution < -0.4 is 5.73 Å². The first-order valence-corrected chi connectivity index (χ1v) is 6.53. The van der Waals surface area contributed by atoms with Gasteiger partial charge in [0.1, 0.15) is 6.04 Å². The smallest absolute Gasteiger partial charge is 0.320 e. The van der Waals surface area contributed by atoms with E-state index >= 15 is 0 Å². The highest BCUT2D eigenvalue weighted by Gasteiger charge is 2.34. The third-order valence-corrected chi connectivity index (χ3v) is 3.27. The van der Waals surface area contributed by atoms with Gasteiger partial charge in [0, 0.05) is 19.6 Å². The normalized spacial score (nSPS) is 20.3. The lowest BCUT2D eigenvalue weighted by atomic mass is 10.1. The number of carboxylic acids is 1. The van der Waals surface area contributed by atoms with Crippen molar-refractivity contribution in [2.24, 2.45) is 11.7 Å². The first-order chi connectivity index (χ1) is 9.38. The molecule has 3 amide bonds. The zero-order valence-corrected chi connectivity index (χ0v) is 11.7. The number of aliphatic carboxylic acids is 1. The quantitative estimate of drug-likeness (QED) is 0.696. The second-order valence-corrected chi connectivity index (χ2v) is 4.75. The van der Waals surface area contributed by atoms with Crippen LogP contribution in [0.2, 0.25) is 0 Å². The molecule has 0 aromatic rings. The number of primary amides is 1. The van der Waals surface area contributed by atoms with Gasteiger partial charge in [-0.1, -0.05) is 6.92 Å². The molecule has 0 radical (unpaired) electrons. The minimum Gasteiger partial charge on any atom is -0.481 e. The van der Waals surface area contributed by atoms with Gasteiger partial charge in [-0.15, -0.1) is 0 Å². The maximum atomic E-state index is 12.4. The van der Waals surface area contributed by atoms with Gasteiger partial charge in [-0.3, -0.25) is 9.59 Å². The van der Waals surface area contributed by atoms with E-state index in [0.29, 0.717) is 13.2 Å². The lowest BCUT2D eigenvalue weighted by Crippen LogP contribution is -2.58. The van der Waals surface area contributed by atoms with Gasteiger partial charge in [-0.05, 0) is 6.92 Å². The number of amides is 3. The molecule has 1 saturated heterocycles. The molecule has 20 heavy (non-hydrogen) atoms. The Labute approximate surface area is 117 Å². The molecule has 0 aromatic heterocycles. The van der Waals surface area contributed by atoms with Crippen molar-refractivity contribution in [3.05, 3.63) is 0 Å². The van der Waals surface area contributed by atoms with Crippen molar-refractivity contribution in [2.75, 3.05) is 32.8 Å². The second kappa shape index (κ2) is 7.09. The Morgan fingerprint density at radius 2 is 2.15 bits per heavy atom. The average molecular weight is 287 g/mol. The maximum Gasteiger partial charge on any atom is 0.320 e. The van der Waals surface area contributed by atoms with Crippen molar-refractivity contribution in [3.63, 3.8) is 0 Å². The summed E-state index contributed by atoms with van der Waals surface area (Å²) in [6.07, 6.45) is 0. The number of urea groups is 1. The third kappa shape index (κ3) is 3.83. The highest BCUT2D eigenvalue weighted by atomic mass is 16.5. The topological polar surface area (TPSA) is 113 Å². The summed E-state index contributed by atoms with van der Waals surface area (Å²) < 4.78 is 5.15. The molecule has 1 heterocycles. The molecule has 8 heteroatoms. The summed E-state index contributed by atoms with van der Waals surface area (Å²) in [7, 11) is 0. The third-order valence-electron chi connectivity index (χ3n) is 3.27. The number of nitrogens with two attached hydrogens (primary N) is 1. The van der Waals surface area contributed by atoms with Gasteiger partial charge in [-0.25, -0.2) is 4.79 Å². The number of ether oxygens (including phenoxy) is 1. The van der Waals surface area contributed by atoms with E-state index in [4.69, 9.17) is 15.6 Å². The van der Waals surface area contributed by atoms with Crippen molar-refractivity contribution in [1.29, 1.82) is 0 Å². The minimum absolute atomic E-state index is 0.0765. The van der Waals surface area contributed by atoms with Crippen LogP contribution in [0.4, 0.5) is 4.79 Å². The van der Waals surface area contributed by atoms with E-state index in [-0.39, 0.29) is 25.7 Å². The minimum atomic E-state index is -0.968. The Balaban J connectivity index is 2.78. The number of nitrogens with zero attached hydrogens (tertiary/aromatic N) is 2. The van der Waals surface area contributed by atoms with E-state index in [9.17, 15) is 14.4 Å². The van der Waals surface area contributed by atoms with Crippen LogP contribution in [0.15, 0.2) is 0 Å². The molecule has 2 atom stereocenters. The van der Waals surface area contributed by atoms with Crippen LogP contribution >= 0.6 is 0 Å². The fourth-order valence-corrected chi connectivity index (χ4v) is 2.00. The number of carboxylic acid groups (broad SMARTS) is 1. The summed E-state index contributed by atoms with van der Waals surface area (Å²) in [6.45, 7) is 4.42. The molecule has 1 fully saturated rings. The fraction of sp³-hybridized carbons (Fsp3) is 0.750. The van der Waals surface area contributed by atoms with Crippen LogP contribution in [-0.2, 0) is 14.3 Å². The van der Waals surface area contributed by atoms with Crippen molar-refractivity contribution < 1.29 is 24.2 Å². The molecule has 0 aliphatic carbocycles. The summed E-state index contributed by atoms with van der Waals surface area (Å²) in [4.78, 5) is 37.4. The van der Waals surface area contributed by atoms with Crippen molar-refractivity contribution in [3.8, 4) is 0 Å². The number of carbonyl (C=O) groups is 3. The molecular formula is C12H21N3O5. The first kappa shape index (κ1) is 16.2. The number of carbonyl (C=O) groups excluding carboxylic acids is 2. The molecule has 1 aliphatic rings. The molecule has 0 spiro atoms. The number of hydrogen-bond donors (Lipinski definition) is 2. The molecule has 0 saturated carbocycles. The Kier molecular flexibility index (Phi) is 5.75. The van der Waals surface area contributed by atoms with Gasteiger partial charge in [0.25, 0.3) is 0 Å². The zero-order chi connectivity index (χ0) is 15.3. The molecule has 0 bridgehead atoms. The van der Waals surface area contributed by atoms with E-state index < -0.39 is 23.8 Å². The van der Waals surface area contributed by atoms with Gasteiger partial charge in [0.15, 0.2) is 0 Å². The van der Waals surface area contributed by atoms with Crippen LogP contribution in [0, 0.1) is 5.92 Å². The predicted octanol–water partition coefficient (Wildman–Crippen LogP) is -0.665. The van der Waals surface area contributed by atoms with E-state index in [1.165, 1.54) is 16.7 Å². The summed E-state index contributed by atoms with van der Waals surface area (Å²) in [5.74, 6) is -2.27. The van der Waals surface area contributed by atoms with Crippen molar-refractivity contribution >= 4 is 17.9 Å². The molecule has 1 rings (SSSR count). The molecule has 8 nitrogen and oxygen atoms in total. The average Bonchev–Trinajstić information content (AvgIpc) is 2.43. The largest absolute Gasteiger partial charge is 0.481 e. The second-order valence-electron chi connectivity index (χ2n) is 4.75. The van der Waals surface area contributed by atoms with Gasteiger partial charge < -0.3 is 25.4 Å². The number of morpholine rings is 1. The number of rotatable bonds is 5. The van der Waals surface area contributed by atoms with Gasteiger partial charge >= 0.3 is 12.0 Å². The summed E-state index contributed by atoms with van der Waals surface area (Å²) in [5.41, 5.74) is 5.26. The highest BCUT2D eigenvalue weighted by Crippen LogP contribution is 2.12. The molecular weight excluding hydrogens is 266 g/mol. The highest BCUT2D eigenvalue weighted by molar-refractivity contribution is 5.86. The van der Waals surface area contributed by atoms with Crippen LogP contribution in [0.1, 0.15) is 13.8 Å². The first-order valence-electron chi connectivity index (χ1n) is 6.53. The Bertz CT molecular complexity index is 387. The Morgan fingerprint density at radius 1 is 1.50 bits per heavy atom. The molecule has 3 N–H and O–H groups in total. The van der Waals surface area contributed by atoms with E-state index in [0.717, 1.165) is 0 Å². The summed E-state index contributed by atoms with van der Waals surface area (Å²) >= 11 is 0. The van der Waals surface area contributed by atoms with Gasteiger partial charge in [-0.2, -0.15) is 0 Å². The zero-order valence-electron chi connectivity index (χ0n) is 11.7. The summed E-state index contributed by atoms with van der Waals surface area (Å²) in [6, 6.07) is -1.18. The predicted molar refractivity (Wildman–Crippen MR) is 70.0 cm³/mol. The standard InChI is InChI=1S/C12H21N3O5/c1-3-14(6-8(2)11(17)18)12(19)15-4-5-20-7-9(15)10(13)16/h8-9H,3-7H2,1-2H3,(H2,13,16)(H,17,18). The van der Waals surface area contributed by atoms with E-state index in [1.807, 2.05) is 0 Å². The van der Waals surface area contributed by atoms with Gasteiger partial charge in [0.05, 0.1) is 19.1 Å². The molecule has 1 aliphatic heterocycles. The van der Waals surface area contributed by atoms with Crippen LogP contribution in [-0.4, -0.2) is 71.7 Å². The summed E-state index contributed by atoms with van der Waals surface area (Å²) in [5, 5.41) is 8.91. The van der Waals surface area contributed by atoms with Crippen molar-refractivity contribution in [1.82, 2.24) is 9.80 Å². The van der Waals surface area contributed by atoms with Crippen LogP contribution in [0.3, 0.4) is 0 Å². The Hall–Kier alpha value is -1.83. The lowest BCUT2D eigenvalue weighted by molar-refractivity contribution is -0.141. The monoisotopic (exact) mass is 287 g/mol. The van der Waals surface area contributed by atoms with Crippen molar-refractivity contribution in [2.45, 2.75) is 19.9 Å². The molecule has 114 valence electrons. The maximum absolute atomic E-state index is 12.4. The molecule has 2 unspecified atom stereocenters. The SMILES string of the molecule is CCN(CC(C)C(=O)O)C(=O)N1CCOCC1C(N)=O. The van der Waals surface area contributed by atoms with E-state index in [2.05, 4.69) is 0 Å². The molecule has 0 aromatic carbocycles.